The predicted molar refractivity (Wildman–Crippen MR) is 99.4 cm³/mol. The predicted octanol–water partition coefficient (Wildman–Crippen LogP) is 2.25. The lowest BCUT2D eigenvalue weighted by Crippen LogP contribution is -2.27. The molecule has 1 unspecified atom stereocenters. The molecular weight excluding hydrogens is 397 g/mol. The van der Waals surface area contributed by atoms with Crippen molar-refractivity contribution < 1.29 is 32.2 Å². The summed E-state index contributed by atoms with van der Waals surface area (Å²) in [5.41, 5.74) is 0.413. The summed E-state index contributed by atoms with van der Waals surface area (Å²) in [6.07, 6.45) is 0. The smallest absolute Gasteiger partial charge is 0.341 e. The van der Waals surface area contributed by atoms with Crippen molar-refractivity contribution in [1.29, 1.82) is 0 Å². The van der Waals surface area contributed by atoms with Crippen molar-refractivity contribution in [1.82, 2.24) is 4.72 Å². The van der Waals surface area contributed by atoms with Crippen LogP contribution < -0.4 is 14.2 Å². The maximum absolute atomic E-state index is 14.0. The molecule has 0 aliphatic rings. The Morgan fingerprint density at radius 3 is 2.48 bits per heavy atom. The number of halogens is 1. The molecule has 0 spiro atoms. The Hall–Kier alpha value is -2.30. The second-order valence-corrected chi connectivity index (χ2v) is 7.81. The maximum Gasteiger partial charge on any atom is 0.341 e. The molecule has 146 valence electrons. The van der Waals surface area contributed by atoms with E-state index in [0.29, 0.717) is 11.3 Å². The first-order valence-electron chi connectivity index (χ1n) is 7.69. The lowest BCUT2D eigenvalue weighted by atomic mass is 10.1. The molecule has 2 rings (SSSR count). The Morgan fingerprint density at radius 2 is 1.93 bits per heavy atom. The average Bonchev–Trinajstić information content (AvgIpc) is 2.65. The SMILES string of the molecule is COc1ccc(S(=O)(=O)NCC(S)c2ccc(OCC(=O)O)c(F)c2)cc1. The topological polar surface area (TPSA) is 102 Å². The van der Waals surface area contributed by atoms with Crippen molar-refractivity contribution in [3.05, 3.63) is 53.8 Å². The van der Waals surface area contributed by atoms with E-state index in [9.17, 15) is 17.6 Å². The molecular formula is C17H18FNO6S2. The minimum absolute atomic E-state index is 0.0624. The highest BCUT2D eigenvalue weighted by Crippen LogP contribution is 2.26. The number of sulfonamides is 1. The molecule has 0 aliphatic carbocycles. The third-order valence-electron chi connectivity index (χ3n) is 3.53. The fraction of sp³-hybridized carbons (Fsp3) is 0.235. The quantitative estimate of drug-likeness (QED) is 0.543. The van der Waals surface area contributed by atoms with Crippen LogP contribution in [0, 0.1) is 5.82 Å². The van der Waals surface area contributed by atoms with E-state index in [1.807, 2.05) is 0 Å². The van der Waals surface area contributed by atoms with Gasteiger partial charge in [-0.2, -0.15) is 12.6 Å². The number of ether oxygens (including phenoxy) is 2. The number of methoxy groups -OCH3 is 1. The molecule has 2 aromatic rings. The molecule has 0 saturated heterocycles. The first-order valence-corrected chi connectivity index (χ1v) is 9.68. The third-order valence-corrected chi connectivity index (χ3v) is 5.45. The Labute approximate surface area is 161 Å². The number of carboxylic acid groups (broad SMARTS) is 1. The molecule has 7 nitrogen and oxygen atoms in total. The van der Waals surface area contributed by atoms with Gasteiger partial charge in [-0.25, -0.2) is 22.3 Å². The van der Waals surface area contributed by atoms with Gasteiger partial charge in [-0.05, 0) is 42.0 Å². The van der Waals surface area contributed by atoms with Crippen LogP contribution in [-0.4, -0.2) is 39.8 Å². The minimum atomic E-state index is -3.76. The van der Waals surface area contributed by atoms with E-state index < -0.39 is 33.7 Å². The summed E-state index contributed by atoms with van der Waals surface area (Å²) in [6.45, 7) is -0.742. The van der Waals surface area contributed by atoms with Crippen LogP contribution in [0.4, 0.5) is 4.39 Å². The summed E-state index contributed by atoms with van der Waals surface area (Å²) in [4.78, 5) is 10.5. The molecule has 0 saturated carbocycles. The molecule has 0 heterocycles. The zero-order chi connectivity index (χ0) is 20.0. The first kappa shape index (κ1) is 21.0. The van der Waals surface area contributed by atoms with Gasteiger partial charge in [0.1, 0.15) is 5.75 Å². The number of hydrogen-bond donors (Lipinski definition) is 3. The lowest BCUT2D eigenvalue weighted by molar-refractivity contribution is -0.139. The summed E-state index contributed by atoms with van der Waals surface area (Å²) in [5.74, 6) is -1.66. The van der Waals surface area contributed by atoms with Gasteiger partial charge in [0, 0.05) is 11.8 Å². The highest BCUT2D eigenvalue weighted by atomic mass is 32.2. The molecule has 27 heavy (non-hydrogen) atoms. The van der Waals surface area contributed by atoms with Gasteiger partial charge in [0.05, 0.1) is 12.0 Å². The number of rotatable bonds is 9. The molecule has 0 aliphatic heterocycles. The minimum Gasteiger partial charge on any atom is -0.497 e. The van der Waals surface area contributed by atoms with Crippen LogP contribution in [0.25, 0.3) is 0 Å². The van der Waals surface area contributed by atoms with Crippen LogP contribution >= 0.6 is 12.6 Å². The van der Waals surface area contributed by atoms with Crippen molar-refractivity contribution in [2.24, 2.45) is 0 Å². The molecule has 0 aromatic heterocycles. The van der Waals surface area contributed by atoms with E-state index in [2.05, 4.69) is 17.4 Å². The molecule has 0 fully saturated rings. The van der Waals surface area contributed by atoms with Gasteiger partial charge in [0.2, 0.25) is 10.0 Å². The van der Waals surface area contributed by atoms with E-state index >= 15 is 0 Å². The summed E-state index contributed by atoms with van der Waals surface area (Å²) in [5, 5.41) is 7.92. The first-order chi connectivity index (χ1) is 12.7. The van der Waals surface area contributed by atoms with Crippen LogP contribution in [0.5, 0.6) is 11.5 Å². The number of thiol groups is 1. The second-order valence-electron chi connectivity index (χ2n) is 5.42. The zero-order valence-electron chi connectivity index (χ0n) is 14.3. The number of hydrogen-bond acceptors (Lipinski definition) is 6. The lowest BCUT2D eigenvalue weighted by Gasteiger charge is -2.14. The molecule has 1 atom stereocenters. The van der Waals surface area contributed by atoms with Crippen LogP contribution in [0.15, 0.2) is 47.4 Å². The van der Waals surface area contributed by atoms with E-state index in [1.165, 1.54) is 43.5 Å². The van der Waals surface area contributed by atoms with Gasteiger partial charge in [0.25, 0.3) is 0 Å². The van der Waals surface area contributed by atoms with Gasteiger partial charge in [-0.15, -0.1) is 0 Å². The highest BCUT2D eigenvalue weighted by Gasteiger charge is 2.17. The number of nitrogens with one attached hydrogen (secondary N) is 1. The van der Waals surface area contributed by atoms with Crippen molar-refractivity contribution in [3.63, 3.8) is 0 Å². The molecule has 2 N–H and O–H groups in total. The summed E-state index contributed by atoms with van der Waals surface area (Å²) < 4.78 is 50.8. The van der Waals surface area contributed by atoms with Gasteiger partial charge in [0.15, 0.2) is 18.2 Å². The Balaban J connectivity index is 2.02. The van der Waals surface area contributed by atoms with E-state index in [0.717, 1.165) is 6.07 Å². The van der Waals surface area contributed by atoms with Crippen molar-refractivity contribution in [2.75, 3.05) is 20.3 Å². The normalized spacial score (nSPS) is 12.4. The summed E-state index contributed by atoms with van der Waals surface area (Å²) in [7, 11) is -2.29. The van der Waals surface area contributed by atoms with Gasteiger partial charge in [-0.1, -0.05) is 6.07 Å². The fourth-order valence-electron chi connectivity index (χ4n) is 2.13. The van der Waals surface area contributed by atoms with E-state index in [-0.39, 0.29) is 17.2 Å². The molecule has 2 aromatic carbocycles. The number of carboxylic acids is 1. The van der Waals surface area contributed by atoms with E-state index in [1.54, 1.807) is 0 Å². The van der Waals surface area contributed by atoms with Crippen LogP contribution in [0.3, 0.4) is 0 Å². The van der Waals surface area contributed by atoms with Gasteiger partial charge >= 0.3 is 5.97 Å². The number of carbonyl (C=O) groups is 1. The molecule has 10 heteroatoms. The maximum atomic E-state index is 14.0. The van der Waals surface area contributed by atoms with Gasteiger partial charge in [-0.3, -0.25) is 0 Å². The Bertz CT molecular complexity index is 902. The summed E-state index contributed by atoms with van der Waals surface area (Å²) in [6, 6.07) is 9.74. The van der Waals surface area contributed by atoms with Crippen molar-refractivity contribution in [2.45, 2.75) is 10.1 Å². The fourth-order valence-corrected chi connectivity index (χ4v) is 3.55. The number of benzene rings is 2. The van der Waals surface area contributed by atoms with Crippen LogP contribution in [0.2, 0.25) is 0 Å². The van der Waals surface area contributed by atoms with Crippen molar-refractivity contribution in [3.8, 4) is 11.5 Å². The van der Waals surface area contributed by atoms with Crippen LogP contribution in [0.1, 0.15) is 10.8 Å². The second kappa shape index (κ2) is 9.07. The zero-order valence-corrected chi connectivity index (χ0v) is 16.0. The Morgan fingerprint density at radius 1 is 1.26 bits per heavy atom. The van der Waals surface area contributed by atoms with Crippen LogP contribution in [-0.2, 0) is 14.8 Å². The van der Waals surface area contributed by atoms with Gasteiger partial charge < -0.3 is 14.6 Å². The monoisotopic (exact) mass is 415 g/mol. The summed E-state index contributed by atoms with van der Waals surface area (Å²) >= 11 is 4.29. The standard InChI is InChI=1S/C17H18FNO6S2/c1-24-12-3-5-13(6-4-12)27(22,23)19-9-16(26)11-2-7-15(14(18)8-11)25-10-17(20)21/h2-8,16,19,26H,9-10H2,1H3,(H,20,21). The largest absolute Gasteiger partial charge is 0.497 e. The molecule has 0 bridgehead atoms. The third kappa shape index (κ3) is 5.84. The van der Waals surface area contributed by atoms with E-state index in [4.69, 9.17) is 14.6 Å². The number of aliphatic carboxylic acids is 1. The Kier molecular flexibility index (Phi) is 7.05. The average molecular weight is 415 g/mol. The molecule has 0 radical (unpaired) electrons. The highest BCUT2D eigenvalue weighted by molar-refractivity contribution is 7.89. The van der Waals surface area contributed by atoms with Crippen molar-refractivity contribution >= 4 is 28.6 Å². The molecule has 0 amide bonds.